The van der Waals surface area contributed by atoms with Gasteiger partial charge in [0.25, 0.3) is 5.91 Å². The van der Waals surface area contributed by atoms with Crippen LogP contribution in [-0.4, -0.2) is 46.6 Å². The number of methoxy groups -OCH3 is 2. The molecule has 0 radical (unpaired) electrons. The highest BCUT2D eigenvalue weighted by molar-refractivity contribution is 6.05. The number of hydrogen-bond donors (Lipinski definition) is 0. The van der Waals surface area contributed by atoms with E-state index in [9.17, 15) is 4.79 Å². The van der Waals surface area contributed by atoms with Crippen LogP contribution in [0.1, 0.15) is 17.3 Å². The van der Waals surface area contributed by atoms with Crippen molar-refractivity contribution in [2.45, 2.75) is 6.92 Å². The molecule has 0 atom stereocenters. The summed E-state index contributed by atoms with van der Waals surface area (Å²) in [6, 6.07) is 8.35. The van der Waals surface area contributed by atoms with Crippen molar-refractivity contribution in [2.75, 3.05) is 25.7 Å². The van der Waals surface area contributed by atoms with E-state index in [0.29, 0.717) is 29.6 Å². The van der Waals surface area contributed by atoms with Crippen molar-refractivity contribution in [1.29, 1.82) is 0 Å². The summed E-state index contributed by atoms with van der Waals surface area (Å²) in [6.07, 6.45) is 4.74. The minimum Gasteiger partial charge on any atom is -0.481 e. The molecule has 0 saturated carbocycles. The second kappa shape index (κ2) is 8.76. The van der Waals surface area contributed by atoms with Crippen LogP contribution in [0, 0.1) is 0 Å². The van der Waals surface area contributed by atoms with E-state index in [-0.39, 0.29) is 17.8 Å². The van der Waals surface area contributed by atoms with Gasteiger partial charge in [-0.1, -0.05) is 0 Å². The number of hydrogen-bond acceptors (Lipinski definition) is 8. The summed E-state index contributed by atoms with van der Waals surface area (Å²) in [5, 5.41) is 0. The molecule has 9 heteroatoms. The van der Waals surface area contributed by atoms with E-state index in [2.05, 4.69) is 19.9 Å². The molecule has 0 N–H and O–H groups in total. The zero-order valence-electron chi connectivity index (χ0n) is 15.7. The molecule has 0 spiro atoms. The molecule has 0 aliphatic rings. The normalized spacial score (nSPS) is 10.2. The summed E-state index contributed by atoms with van der Waals surface area (Å²) in [4.78, 5) is 30.8. The Hall–Kier alpha value is -3.75. The van der Waals surface area contributed by atoms with Crippen LogP contribution in [0.15, 0.2) is 48.9 Å². The number of carbonyl (C=O) groups excluding carboxylic acids is 1. The van der Waals surface area contributed by atoms with Crippen molar-refractivity contribution >= 4 is 11.6 Å². The molecule has 3 aromatic rings. The van der Waals surface area contributed by atoms with Crippen LogP contribution >= 0.6 is 0 Å². The van der Waals surface area contributed by atoms with Crippen LogP contribution in [0.25, 0.3) is 0 Å². The maximum absolute atomic E-state index is 12.8. The van der Waals surface area contributed by atoms with E-state index >= 15 is 0 Å². The van der Waals surface area contributed by atoms with Gasteiger partial charge in [-0.15, -0.1) is 0 Å². The lowest BCUT2D eigenvalue weighted by atomic mass is 10.2. The summed E-state index contributed by atoms with van der Waals surface area (Å²) >= 11 is 0. The first-order chi connectivity index (χ1) is 13.6. The molecule has 0 fully saturated rings. The number of anilines is 1. The van der Waals surface area contributed by atoms with Gasteiger partial charge in [-0.25, -0.2) is 4.98 Å². The second-order valence-electron chi connectivity index (χ2n) is 5.48. The van der Waals surface area contributed by atoms with Crippen molar-refractivity contribution in [3.05, 3.63) is 54.5 Å². The van der Waals surface area contributed by atoms with E-state index in [1.54, 1.807) is 35.5 Å². The predicted molar refractivity (Wildman–Crippen MR) is 101 cm³/mol. The first kappa shape index (κ1) is 19.0. The number of rotatable bonds is 7. The number of pyridine rings is 2. The smallest absolute Gasteiger partial charge is 0.330 e. The minimum absolute atomic E-state index is 0.0216. The van der Waals surface area contributed by atoms with Crippen LogP contribution < -0.4 is 19.1 Å². The highest BCUT2D eigenvalue weighted by Gasteiger charge is 2.17. The Morgan fingerprint density at radius 2 is 1.79 bits per heavy atom. The number of ether oxygens (including phenoxy) is 3. The average Bonchev–Trinajstić information content (AvgIpc) is 2.75. The molecule has 0 saturated heterocycles. The molecule has 3 rings (SSSR count). The van der Waals surface area contributed by atoms with Crippen LogP contribution in [0.4, 0.5) is 5.69 Å². The van der Waals surface area contributed by atoms with Crippen molar-refractivity contribution in [1.82, 2.24) is 19.9 Å². The minimum atomic E-state index is -0.186. The fourth-order valence-electron chi connectivity index (χ4n) is 2.41. The Morgan fingerprint density at radius 1 is 1.04 bits per heavy atom. The zero-order chi connectivity index (χ0) is 19.9. The summed E-state index contributed by atoms with van der Waals surface area (Å²) < 4.78 is 15.7. The molecule has 9 nitrogen and oxygen atoms in total. The van der Waals surface area contributed by atoms with E-state index in [1.165, 1.54) is 26.5 Å². The summed E-state index contributed by atoms with van der Waals surface area (Å²) in [6.45, 7) is 2.39. The van der Waals surface area contributed by atoms with Gasteiger partial charge in [0.2, 0.25) is 17.6 Å². The first-order valence-corrected chi connectivity index (χ1v) is 8.47. The molecule has 0 aliphatic heterocycles. The number of amides is 1. The van der Waals surface area contributed by atoms with Gasteiger partial charge >= 0.3 is 6.01 Å². The Labute approximate surface area is 162 Å². The molecule has 0 aliphatic carbocycles. The van der Waals surface area contributed by atoms with Gasteiger partial charge in [-0.3, -0.25) is 9.78 Å². The van der Waals surface area contributed by atoms with Crippen LogP contribution in [0.3, 0.4) is 0 Å². The highest BCUT2D eigenvalue weighted by atomic mass is 16.5. The Bertz CT molecular complexity index is 913. The Morgan fingerprint density at radius 3 is 2.32 bits per heavy atom. The molecule has 144 valence electrons. The lowest BCUT2D eigenvalue weighted by Gasteiger charge is -2.20. The third-order valence-electron chi connectivity index (χ3n) is 3.78. The second-order valence-corrected chi connectivity index (χ2v) is 5.48. The topological polar surface area (TPSA) is 99.6 Å². The van der Waals surface area contributed by atoms with Gasteiger partial charge in [0.15, 0.2) is 0 Å². The summed E-state index contributed by atoms with van der Waals surface area (Å²) in [5.41, 5.74) is 1.13. The third-order valence-corrected chi connectivity index (χ3v) is 3.78. The SMILES string of the molecule is CCN(C(=O)c1ccc(Oc2nc(OC)cc(OC)n2)nc1)c1cccnc1. The van der Waals surface area contributed by atoms with Gasteiger partial charge in [-0.2, -0.15) is 9.97 Å². The molecular formula is C19H19N5O4. The fraction of sp³-hybridized carbons (Fsp3) is 0.211. The molecule has 3 heterocycles. The van der Waals surface area contributed by atoms with Gasteiger partial charge < -0.3 is 19.1 Å². The number of carbonyl (C=O) groups is 1. The van der Waals surface area contributed by atoms with Crippen LogP contribution in [0.5, 0.6) is 23.7 Å². The van der Waals surface area contributed by atoms with Gasteiger partial charge in [0.1, 0.15) is 0 Å². The molecule has 0 bridgehead atoms. The van der Waals surface area contributed by atoms with E-state index in [4.69, 9.17) is 14.2 Å². The Balaban J connectivity index is 1.77. The van der Waals surface area contributed by atoms with Gasteiger partial charge in [0.05, 0.1) is 37.7 Å². The highest BCUT2D eigenvalue weighted by Crippen LogP contribution is 2.23. The van der Waals surface area contributed by atoms with Crippen molar-refractivity contribution in [2.24, 2.45) is 0 Å². The zero-order valence-corrected chi connectivity index (χ0v) is 15.7. The molecule has 28 heavy (non-hydrogen) atoms. The van der Waals surface area contributed by atoms with Crippen LogP contribution in [-0.2, 0) is 0 Å². The maximum Gasteiger partial charge on any atom is 0.330 e. The van der Waals surface area contributed by atoms with Crippen molar-refractivity contribution in [3.63, 3.8) is 0 Å². The lowest BCUT2D eigenvalue weighted by molar-refractivity contribution is 0.0988. The third kappa shape index (κ3) is 4.32. The maximum atomic E-state index is 12.8. The van der Waals surface area contributed by atoms with Gasteiger partial charge in [-0.05, 0) is 25.1 Å². The van der Waals surface area contributed by atoms with E-state index in [1.807, 2.05) is 13.0 Å². The fourth-order valence-corrected chi connectivity index (χ4v) is 2.41. The van der Waals surface area contributed by atoms with Gasteiger partial charge in [0, 0.05) is 25.0 Å². The largest absolute Gasteiger partial charge is 0.481 e. The molecule has 3 aromatic heterocycles. The predicted octanol–water partition coefficient (Wildman–Crippen LogP) is 2.74. The lowest BCUT2D eigenvalue weighted by Crippen LogP contribution is -2.30. The van der Waals surface area contributed by atoms with Crippen molar-refractivity contribution < 1.29 is 19.0 Å². The molecule has 0 aromatic carbocycles. The quantitative estimate of drug-likeness (QED) is 0.616. The number of aromatic nitrogens is 4. The van der Waals surface area contributed by atoms with E-state index in [0.717, 1.165) is 0 Å². The number of nitrogens with zero attached hydrogens (tertiary/aromatic N) is 5. The van der Waals surface area contributed by atoms with Crippen LogP contribution in [0.2, 0.25) is 0 Å². The standard InChI is InChI=1S/C19H19N5O4/c1-4-24(14-6-5-9-20-12-14)18(25)13-7-8-15(21-11-13)28-19-22-16(26-2)10-17(23-19)27-3/h5-12H,4H2,1-3H3. The molecule has 1 amide bonds. The van der Waals surface area contributed by atoms with E-state index < -0.39 is 0 Å². The van der Waals surface area contributed by atoms with Crippen molar-refractivity contribution in [3.8, 4) is 23.7 Å². The molecule has 0 unspecified atom stereocenters. The Kier molecular flexibility index (Phi) is 5.95. The first-order valence-electron chi connectivity index (χ1n) is 8.47. The average molecular weight is 381 g/mol. The monoisotopic (exact) mass is 381 g/mol. The molecular weight excluding hydrogens is 362 g/mol. The summed E-state index contributed by atoms with van der Waals surface area (Å²) in [7, 11) is 2.96. The summed E-state index contributed by atoms with van der Waals surface area (Å²) in [5.74, 6) is 0.637.